The summed E-state index contributed by atoms with van der Waals surface area (Å²) in [5.74, 6) is -2.24. The van der Waals surface area contributed by atoms with E-state index in [0.717, 1.165) is 28.1 Å². The molecule has 1 aliphatic heterocycles. The molecular formula is C13H14FNO4S. The van der Waals surface area contributed by atoms with Crippen LogP contribution in [-0.4, -0.2) is 36.9 Å². The van der Waals surface area contributed by atoms with Crippen LogP contribution >= 0.6 is 0 Å². The third-order valence-corrected chi connectivity index (χ3v) is 5.08. The van der Waals surface area contributed by atoms with E-state index < -0.39 is 26.7 Å². The first-order chi connectivity index (χ1) is 9.32. The van der Waals surface area contributed by atoms with Crippen molar-refractivity contribution >= 4 is 16.0 Å². The van der Waals surface area contributed by atoms with Crippen molar-refractivity contribution in [3.8, 4) is 0 Å². The summed E-state index contributed by atoms with van der Waals surface area (Å²) in [5.41, 5.74) is 0.824. The molecule has 0 bridgehead atoms. The molecule has 0 atom stereocenters. The number of nitrogens with zero attached hydrogens (tertiary/aromatic N) is 1. The first kappa shape index (κ1) is 14.7. The molecule has 1 aliphatic rings. The van der Waals surface area contributed by atoms with Gasteiger partial charge in [0.15, 0.2) is 0 Å². The minimum atomic E-state index is -4.02. The summed E-state index contributed by atoms with van der Waals surface area (Å²) in [6.07, 6.45) is 2.35. The topological polar surface area (TPSA) is 74.7 Å². The lowest BCUT2D eigenvalue weighted by Gasteiger charge is -2.25. The van der Waals surface area contributed by atoms with Crippen molar-refractivity contribution in [3.05, 3.63) is 41.2 Å². The van der Waals surface area contributed by atoms with Crippen molar-refractivity contribution in [1.29, 1.82) is 0 Å². The van der Waals surface area contributed by atoms with Crippen molar-refractivity contribution in [1.82, 2.24) is 4.31 Å². The maximum atomic E-state index is 13.7. The van der Waals surface area contributed by atoms with Gasteiger partial charge in [-0.05, 0) is 31.5 Å². The molecule has 1 aromatic carbocycles. The minimum absolute atomic E-state index is 0.172. The molecule has 0 unspecified atom stereocenters. The van der Waals surface area contributed by atoms with Gasteiger partial charge in [-0.1, -0.05) is 11.6 Å². The van der Waals surface area contributed by atoms with Crippen LogP contribution in [-0.2, 0) is 10.0 Å². The van der Waals surface area contributed by atoms with Crippen LogP contribution in [0.5, 0.6) is 0 Å². The smallest absolute Gasteiger partial charge is 0.335 e. The van der Waals surface area contributed by atoms with Gasteiger partial charge < -0.3 is 5.11 Å². The number of carbonyl (C=O) groups is 1. The molecule has 1 heterocycles. The van der Waals surface area contributed by atoms with Gasteiger partial charge in [0.1, 0.15) is 10.7 Å². The van der Waals surface area contributed by atoms with E-state index in [-0.39, 0.29) is 18.7 Å². The molecule has 0 saturated carbocycles. The summed E-state index contributed by atoms with van der Waals surface area (Å²) in [6.45, 7) is 2.34. The Kier molecular flexibility index (Phi) is 3.92. The van der Waals surface area contributed by atoms with E-state index in [1.165, 1.54) is 0 Å². The average Bonchev–Trinajstić information content (AvgIpc) is 2.39. The van der Waals surface area contributed by atoms with Crippen molar-refractivity contribution in [2.45, 2.75) is 18.2 Å². The van der Waals surface area contributed by atoms with Gasteiger partial charge in [-0.15, -0.1) is 0 Å². The standard InChI is InChI=1S/C13H14FNO4S/c1-9-4-6-15(7-5-9)20(18,19)12-8-10(13(16)17)2-3-11(12)14/h2-4,8H,5-7H2,1H3,(H,16,17). The van der Waals surface area contributed by atoms with Crippen LogP contribution in [0.15, 0.2) is 34.7 Å². The summed E-state index contributed by atoms with van der Waals surface area (Å²) in [4.78, 5) is 10.3. The highest BCUT2D eigenvalue weighted by molar-refractivity contribution is 7.89. The Bertz CT molecular complexity index is 682. The van der Waals surface area contributed by atoms with Crippen LogP contribution in [0.1, 0.15) is 23.7 Å². The van der Waals surface area contributed by atoms with Gasteiger partial charge in [0, 0.05) is 13.1 Å². The molecule has 0 radical (unpaired) electrons. The molecule has 1 N–H and O–H groups in total. The Labute approximate surface area is 116 Å². The first-order valence-electron chi connectivity index (χ1n) is 6.01. The summed E-state index contributed by atoms with van der Waals surface area (Å²) in [6, 6.07) is 2.76. The lowest BCUT2D eigenvalue weighted by molar-refractivity contribution is 0.0696. The van der Waals surface area contributed by atoms with Gasteiger partial charge >= 0.3 is 5.97 Å². The largest absolute Gasteiger partial charge is 0.478 e. The maximum absolute atomic E-state index is 13.7. The molecule has 5 nitrogen and oxygen atoms in total. The number of carboxylic acids is 1. The molecule has 2 rings (SSSR count). The van der Waals surface area contributed by atoms with Crippen molar-refractivity contribution in [2.75, 3.05) is 13.1 Å². The highest BCUT2D eigenvalue weighted by Crippen LogP contribution is 2.23. The Morgan fingerprint density at radius 2 is 2.10 bits per heavy atom. The van der Waals surface area contributed by atoms with Crippen LogP contribution in [0.2, 0.25) is 0 Å². The van der Waals surface area contributed by atoms with Gasteiger partial charge in [0.25, 0.3) is 0 Å². The number of hydrogen-bond donors (Lipinski definition) is 1. The number of hydrogen-bond acceptors (Lipinski definition) is 3. The van der Waals surface area contributed by atoms with E-state index in [0.29, 0.717) is 6.42 Å². The second-order valence-corrected chi connectivity index (χ2v) is 6.52. The molecule has 0 aromatic heterocycles. The lowest BCUT2D eigenvalue weighted by atomic mass is 10.1. The Morgan fingerprint density at radius 3 is 2.65 bits per heavy atom. The minimum Gasteiger partial charge on any atom is -0.478 e. The van der Waals surface area contributed by atoms with Crippen molar-refractivity contribution < 1.29 is 22.7 Å². The molecule has 0 amide bonds. The summed E-state index contributed by atoms with van der Waals surface area (Å²) in [5, 5.41) is 8.87. The monoisotopic (exact) mass is 299 g/mol. The van der Waals surface area contributed by atoms with E-state index in [4.69, 9.17) is 5.11 Å². The van der Waals surface area contributed by atoms with Gasteiger partial charge in [-0.25, -0.2) is 17.6 Å². The number of rotatable bonds is 3. The summed E-state index contributed by atoms with van der Waals surface area (Å²) >= 11 is 0. The molecule has 0 fully saturated rings. The third-order valence-electron chi connectivity index (χ3n) is 3.19. The molecule has 0 spiro atoms. The van der Waals surface area contributed by atoms with E-state index in [2.05, 4.69) is 0 Å². The van der Waals surface area contributed by atoms with Crippen LogP contribution < -0.4 is 0 Å². The zero-order valence-electron chi connectivity index (χ0n) is 10.8. The van der Waals surface area contributed by atoms with Crippen LogP contribution in [0, 0.1) is 5.82 Å². The zero-order valence-corrected chi connectivity index (χ0v) is 11.7. The maximum Gasteiger partial charge on any atom is 0.335 e. The fraction of sp³-hybridized carbons (Fsp3) is 0.308. The lowest BCUT2D eigenvalue weighted by Crippen LogP contribution is -2.35. The fourth-order valence-electron chi connectivity index (χ4n) is 1.94. The van der Waals surface area contributed by atoms with Gasteiger partial charge in [-0.2, -0.15) is 4.31 Å². The molecule has 0 saturated heterocycles. The highest BCUT2D eigenvalue weighted by atomic mass is 32.2. The van der Waals surface area contributed by atoms with Gasteiger partial charge in [0.2, 0.25) is 10.0 Å². The first-order valence-corrected chi connectivity index (χ1v) is 7.45. The predicted molar refractivity (Wildman–Crippen MR) is 70.5 cm³/mol. The number of aromatic carboxylic acids is 1. The number of halogens is 1. The van der Waals surface area contributed by atoms with E-state index in [1.54, 1.807) is 6.08 Å². The SMILES string of the molecule is CC1=CCN(S(=O)(=O)c2cc(C(=O)O)ccc2F)CC1. The number of sulfonamides is 1. The number of carboxylic acid groups (broad SMARTS) is 1. The number of benzene rings is 1. The highest BCUT2D eigenvalue weighted by Gasteiger charge is 2.29. The molecule has 7 heteroatoms. The van der Waals surface area contributed by atoms with Crippen molar-refractivity contribution in [2.24, 2.45) is 0 Å². The normalized spacial score (nSPS) is 16.8. The predicted octanol–water partition coefficient (Wildman–Crippen LogP) is 1.86. The van der Waals surface area contributed by atoms with E-state index in [1.807, 2.05) is 6.92 Å². The Morgan fingerprint density at radius 1 is 1.40 bits per heavy atom. The quantitative estimate of drug-likeness (QED) is 0.865. The van der Waals surface area contributed by atoms with Gasteiger partial charge in [-0.3, -0.25) is 0 Å². The zero-order chi connectivity index (χ0) is 14.9. The van der Waals surface area contributed by atoms with E-state index >= 15 is 0 Å². The van der Waals surface area contributed by atoms with Crippen LogP contribution in [0.3, 0.4) is 0 Å². The summed E-state index contributed by atoms with van der Waals surface area (Å²) in [7, 11) is -4.02. The molecule has 0 aliphatic carbocycles. The van der Waals surface area contributed by atoms with Gasteiger partial charge in [0.05, 0.1) is 5.56 Å². The third kappa shape index (κ3) is 2.73. The Balaban J connectivity index is 2.44. The van der Waals surface area contributed by atoms with Crippen LogP contribution in [0.25, 0.3) is 0 Å². The second kappa shape index (κ2) is 5.34. The molecular weight excluding hydrogens is 285 g/mol. The van der Waals surface area contributed by atoms with E-state index in [9.17, 15) is 17.6 Å². The fourth-order valence-corrected chi connectivity index (χ4v) is 3.41. The average molecular weight is 299 g/mol. The molecule has 20 heavy (non-hydrogen) atoms. The van der Waals surface area contributed by atoms with Crippen LogP contribution in [0.4, 0.5) is 4.39 Å². The summed E-state index contributed by atoms with van der Waals surface area (Å²) < 4.78 is 39.6. The van der Waals surface area contributed by atoms with Crippen molar-refractivity contribution in [3.63, 3.8) is 0 Å². The second-order valence-electron chi connectivity index (χ2n) is 4.61. The Hall–Kier alpha value is -1.73. The molecule has 108 valence electrons. The molecule has 1 aromatic rings.